The molecule has 7 nitrogen and oxygen atoms in total. The van der Waals surface area contributed by atoms with Gasteiger partial charge in [0.15, 0.2) is 11.7 Å². The fourth-order valence-electron chi connectivity index (χ4n) is 3.20. The molecule has 1 aliphatic heterocycles. The molecular weight excluding hydrogens is 398 g/mol. The SMILES string of the molecule is O=C(O)CNC(=O)C1C(=O)CCN(Cc2ccc(-c3ccc(F)cc3)cc2F)C1=O. The van der Waals surface area contributed by atoms with Crippen LogP contribution < -0.4 is 5.32 Å². The molecule has 1 fully saturated rings. The quantitative estimate of drug-likeness (QED) is 0.699. The summed E-state index contributed by atoms with van der Waals surface area (Å²) in [6.07, 6.45) is -0.0911. The third-order valence-electron chi connectivity index (χ3n) is 4.78. The molecule has 1 atom stereocenters. The average Bonchev–Trinajstić information content (AvgIpc) is 2.70. The Balaban J connectivity index is 1.74. The van der Waals surface area contributed by atoms with Crippen molar-refractivity contribution in [3.05, 3.63) is 59.7 Å². The van der Waals surface area contributed by atoms with Gasteiger partial charge in [-0.3, -0.25) is 19.2 Å². The Hall–Kier alpha value is -3.62. The van der Waals surface area contributed by atoms with E-state index in [-0.39, 0.29) is 25.1 Å². The summed E-state index contributed by atoms with van der Waals surface area (Å²) in [5.74, 6) is -6.32. The number of nitrogens with zero attached hydrogens (tertiary/aromatic N) is 1. The molecule has 0 bridgehead atoms. The van der Waals surface area contributed by atoms with Gasteiger partial charge < -0.3 is 15.3 Å². The molecule has 2 aromatic rings. The Labute approximate surface area is 170 Å². The van der Waals surface area contributed by atoms with Crippen molar-refractivity contribution in [3.63, 3.8) is 0 Å². The predicted octanol–water partition coefficient (Wildman–Crippen LogP) is 1.75. The van der Waals surface area contributed by atoms with Gasteiger partial charge in [-0.05, 0) is 29.3 Å². The third kappa shape index (κ3) is 4.68. The number of hydrogen-bond donors (Lipinski definition) is 2. The second-order valence-corrected chi connectivity index (χ2v) is 6.83. The molecule has 156 valence electrons. The van der Waals surface area contributed by atoms with E-state index in [1.165, 1.54) is 41.3 Å². The topological polar surface area (TPSA) is 104 Å². The van der Waals surface area contributed by atoms with Crippen molar-refractivity contribution in [2.75, 3.05) is 13.1 Å². The lowest BCUT2D eigenvalue weighted by Gasteiger charge is -2.30. The summed E-state index contributed by atoms with van der Waals surface area (Å²) < 4.78 is 27.7. The maximum Gasteiger partial charge on any atom is 0.322 e. The number of ketones is 1. The van der Waals surface area contributed by atoms with E-state index in [4.69, 9.17) is 5.11 Å². The van der Waals surface area contributed by atoms with E-state index in [9.17, 15) is 28.0 Å². The number of halogens is 2. The van der Waals surface area contributed by atoms with Gasteiger partial charge in [0.25, 0.3) is 0 Å². The van der Waals surface area contributed by atoms with Crippen LogP contribution in [0.25, 0.3) is 11.1 Å². The molecule has 0 aromatic heterocycles. The molecule has 3 rings (SSSR count). The van der Waals surface area contributed by atoms with Gasteiger partial charge in [-0.25, -0.2) is 8.78 Å². The summed E-state index contributed by atoms with van der Waals surface area (Å²) in [5.41, 5.74) is 1.34. The Morgan fingerprint density at radius 2 is 1.73 bits per heavy atom. The van der Waals surface area contributed by atoms with E-state index in [1.807, 2.05) is 5.32 Å². The zero-order chi connectivity index (χ0) is 21.8. The van der Waals surface area contributed by atoms with Crippen LogP contribution in [0.1, 0.15) is 12.0 Å². The number of piperidine rings is 1. The highest BCUT2D eigenvalue weighted by atomic mass is 19.1. The number of rotatable bonds is 6. The molecule has 0 saturated carbocycles. The molecule has 2 aromatic carbocycles. The number of nitrogens with one attached hydrogen (secondary N) is 1. The van der Waals surface area contributed by atoms with E-state index in [0.717, 1.165) is 0 Å². The summed E-state index contributed by atoms with van der Waals surface area (Å²) in [6.45, 7) is -0.834. The van der Waals surface area contributed by atoms with Gasteiger partial charge in [-0.2, -0.15) is 0 Å². The molecule has 0 aliphatic carbocycles. The summed E-state index contributed by atoms with van der Waals surface area (Å²) in [6, 6.07) is 9.94. The Morgan fingerprint density at radius 1 is 1.07 bits per heavy atom. The van der Waals surface area contributed by atoms with Crippen LogP contribution in [0.3, 0.4) is 0 Å². The lowest BCUT2D eigenvalue weighted by molar-refractivity contribution is -0.152. The normalized spacial score (nSPS) is 16.5. The number of benzene rings is 2. The van der Waals surface area contributed by atoms with E-state index >= 15 is 0 Å². The van der Waals surface area contributed by atoms with Crippen molar-refractivity contribution in [1.29, 1.82) is 0 Å². The van der Waals surface area contributed by atoms with Crippen LogP contribution >= 0.6 is 0 Å². The highest BCUT2D eigenvalue weighted by molar-refractivity contribution is 6.19. The molecule has 2 amide bonds. The number of carboxylic acid groups (broad SMARTS) is 1. The van der Waals surface area contributed by atoms with Crippen LogP contribution in [0.2, 0.25) is 0 Å². The third-order valence-corrected chi connectivity index (χ3v) is 4.78. The number of likely N-dealkylation sites (tertiary alicyclic amines) is 1. The molecule has 1 saturated heterocycles. The number of amides is 2. The maximum atomic E-state index is 14.6. The summed E-state index contributed by atoms with van der Waals surface area (Å²) in [4.78, 5) is 48.5. The minimum Gasteiger partial charge on any atom is -0.480 e. The monoisotopic (exact) mass is 416 g/mol. The van der Waals surface area contributed by atoms with Gasteiger partial charge in [-0.15, -0.1) is 0 Å². The molecule has 9 heteroatoms. The zero-order valence-corrected chi connectivity index (χ0v) is 15.7. The first kappa shape index (κ1) is 21.1. The highest BCUT2D eigenvalue weighted by Gasteiger charge is 2.40. The second-order valence-electron chi connectivity index (χ2n) is 6.83. The second kappa shape index (κ2) is 8.81. The van der Waals surface area contributed by atoms with Crippen molar-refractivity contribution >= 4 is 23.6 Å². The summed E-state index contributed by atoms with van der Waals surface area (Å²) in [5, 5.41) is 10.7. The predicted molar refractivity (Wildman–Crippen MR) is 101 cm³/mol. The van der Waals surface area contributed by atoms with E-state index in [0.29, 0.717) is 11.1 Å². The van der Waals surface area contributed by atoms with Gasteiger partial charge in [0, 0.05) is 25.1 Å². The maximum absolute atomic E-state index is 14.6. The molecule has 30 heavy (non-hydrogen) atoms. The average molecular weight is 416 g/mol. The summed E-state index contributed by atoms with van der Waals surface area (Å²) in [7, 11) is 0. The first-order valence-corrected chi connectivity index (χ1v) is 9.11. The van der Waals surface area contributed by atoms with Crippen LogP contribution in [-0.4, -0.2) is 46.7 Å². The molecular formula is C21H18F2N2O5. The van der Waals surface area contributed by atoms with Gasteiger partial charge >= 0.3 is 5.97 Å². The number of hydrogen-bond acceptors (Lipinski definition) is 4. The standard InChI is InChI=1S/C21H18F2N2O5/c22-15-5-3-12(4-6-15)13-1-2-14(16(23)9-13)11-25-8-7-17(26)19(21(25)30)20(29)24-10-18(27)28/h1-6,9,19H,7-8,10-11H2,(H,24,29)(H,27,28). The fourth-order valence-corrected chi connectivity index (χ4v) is 3.20. The van der Waals surface area contributed by atoms with Crippen LogP contribution in [-0.2, 0) is 25.7 Å². The van der Waals surface area contributed by atoms with E-state index in [1.54, 1.807) is 6.07 Å². The van der Waals surface area contributed by atoms with Gasteiger partial charge in [0.2, 0.25) is 11.8 Å². The molecule has 1 unspecified atom stereocenters. The van der Waals surface area contributed by atoms with Crippen LogP contribution in [0, 0.1) is 17.6 Å². The highest BCUT2D eigenvalue weighted by Crippen LogP contribution is 2.24. The summed E-state index contributed by atoms with van der Waals surface area (Å²) >= 11 is 0. The van der Waals surface area contributed by atoms with Crippen molar-refractivity contribution in [2.45, 2.75) is 13.0 Å². The molecule has 0 radical (unpaired) electrons. The first-order chi connectivity index (χ1) is 14.3. The Morgan fingerprint density at radius 3 is 2.37 bits per heavy atom. The number of aliphatic carboxylic acids is 1. The largest absolute Gasteiger partial charge is 0.480 e. The minimum absolute atomic E-state index is 0.0273. The number of carbonyl (C=O) groups is 4. The number of carboxylic acids is 1. The van der Waals surface area contributed by atoms with Gasteiger partial charge in [0.05, 0.1) is 0 Å². The smallest absolute Gasteiger partial charge is 0.322 e. The van der Waals surface area contributed by atoms with Gasteiger partial charge in [0.1, 0.15) is 18.2 Å². The van der Waals surface area contributed by atoms with Crippen molar-refractivity contribution in [2.24, 2.45) is 5.92 Å². The number of carbonyl (C=O) groups excluding carboxylic acids is 3. The van der Waals surface area contributed by atoms with Crippen molar-refractivity contribution < 1.29 is 33.1 Å². The fraction of sp³-hybridized carbons (Fsp3) is 0.238. The first-order valence-electron chi connectivity index (χ1n) is 9.11. The number of Topliss-reactive ketones (excluding diaryl/α,β-unsaturated/α-hetero) is 1. The van der Waals surface area contributed by atoms with Crippen LogP contribution in [0.15, 0.2) is 42.5 Å². The lowest BCUT2D eigenvalue weighted by Crippen LogP contribution is -2.52. The molecule has 1 aliphatic rings. The zero-order valence-electron chi connectivity index (χ0n) is 15.7. The minimum atomic E-state index is -1.64. The Bertz CT molecular complexity index is 1010. The van der Waals surface area contributed by atoms with Crippen molar-refractivity contribution in [1.82, 2.24) is 10.2 Å². The van der Waals surface area contributed by atoms with Crippen molar-refractivity contribution in [3.8, 4) is 11.1 Å². The molecule has 1 heterocycles. The van der Waals surface area contributed by atoms with E-state index < -0.39 is 47.7 Å². The van der Waals surface area contributed by atoms with E-state index in [2.05, 4.69) is 0 Å². The lowest BCUT2D eigenvalue weighted by atomic mass is 9.94. The Kier molecular flexibility index (Phi) is 6.20. The van der Waals surface area contributed by atoms with Crippen LogP contribution in [0.4, 0.5) is 8.78 Å². The van der Waals surface area contributed by atoms with Gasteiger partial charge in [-0.1, -0.05) is 24.3 Å². The molecule has 0 spiro atoms. The molecule has 2 N–H and O–H groups in total. The van der Waals surface area contributed by atoms with Crippen LogP contribution in [0.5, 0.6) is 0 Å².